The Kier molecular flexibility index (Phi) is 27.6. The van der Waals surface area contributed by atoms with Gasteiger partial charge in [-0.1, -0.05) is 102 Å². The maximum atomic E-state index is 12.8. The topological polar surface area (TPSA) is 377 Å². The van der Waals surface area contributed by atoms with Crippen LogP contribution in [0.3, 0.4) is 0 Å². The average molecular weight is 1150 g/mol. The summed E-state index contributed by atoms with van der Waals surface area (Å²) in [4.78, 5) is 83.3. The number of amides is 4. The van der Waals surface area contributed by atoms with Crippen molar-refractivity contribution in [2.75, 3.05) is 63.9 Å². The molecule has 84 heavy (non-hydrogen) atoms. The van der Waals surface area contributed by atoms with Crippen LogP contribution in [0.15, 0.2) is 137 Å². The number of hydrogen-bond acceptors (Lipinski definition) is 16. The Labute approximate surface area is 487 Å². The van der Waals surface area contributed by atoms with Gasteiger partial charge in [-0.3, -0.25) is 19.2 Å². The second-order valence-corrected chi connectivity index (χ2v) is 19.6. The number of fused-ring (bicyclic) bond motifs is 13. The van der Waals surface area contributed by atoms with E-state index in [1.54, 1.807) is 61.6 Å². The van der Waals surface area contributed by atoms with Crippen LogP contribution in [0.25, 0.3) is 31.3 Å². The summed E-state index contributed by atoms with van der Waals surface area (Å²) < 4.78 is 10.6. The van der Waals surface area contributed by atoms with Crippen LogP contribution in [-0.4, -0.2) is 121 Å². The van der Waals surface area contributed by atoms with Crippen LogP contribution in [0.2, 0.25) is 0 Å². The molecule has 2 aromatic heterocycles. The molecule has 4 N–H and O–H groups in total. The van der Waals surface area contributed by atoms with E-state index in [1.807, 2.05) is 65.0 Å². The van der Waals surface area contributed by atoms with Crippen molar-refractivity contribution in [3.63, 3.8) is 0 Å². The maximum Gasteiger partial charge on any atom is 0.332 e. The van der Waals surface area contributed by atoms with E-state index in [9.17, 15) is 34.2 Å². The Hall–Kier alpha value is -9.54. The number of likely N-dealkylation sites (N-methyl/N-ethyl adjacent to an activating group) is 2. The highest BCUT2D eigenvalue weighted by Gasteiger charge is 2.34. The van der Waals surface area contributed by atoms with Gasteiger partial charge in [-0.15, -0.1) is 12.2 Å². The number of benzene rings is 2. The first-order chi connectivity index (χ1) is 40.3. The third-order valence-corrected chi connectivity index (χ3v) is 12.6. The number of nitrogens with one attached hydrogen (secondary N) is 4. The summed E-state index contributed by atoms with van der Waals surface area (Å²) in [5.74, 6) is -3.45. The molecule has 4 aromatic rings. The molecule has 4 heterocycles. The zero-order valence-electron chi connectivity index (χ0n) is 48.2. The molecule has 2 atom stereocenters. The van der Waals surface area contributed by atoms with Crippen LogP contribution in [0, 0.1) is 5.92 Å². The highest BCUT2D eigenvalue weighted by Crippen LogP contribution is 2.39. The smallest absolute Gasteiger partial charge is 0.332 e. The van der Waals surface area contributed by atoms with Gasteiger partial charge >= 0.3 is 5.97 Å². The SMILES string of the molecule is C=C/C(=C\C)N(CC)CCN=[N+]=[N-].CCN(CCOCC(=O)OC(C)(C)C)c1ccc(C2C([O-])C(C)C2[O-])cc1.[N-]=[N+]=Nc1cc2nc(c1)C(=O)NCc1ccc(cc1)CNC(=O)c1cc(N=[N+]=[N-])cc(n1)C(=O)NCC=CC=CCNC2=O. The first kappa shape index (κ1) is 67.0. The first-order valence-corrected chi connectivity index (χ1v) is 27.0. The number of rotatable bonds is 16. The lowest BCUT2D eigenvalue weighted by molar-refractivity contribution is -0.547. The van der Waals surface area contributed by atoms with Crippen molar-refractivity contribution < 1.29 is 43.7 Å². The largest absolute Gasteiger partial charge is 0.851 e. The number of anilines is 1. The van der Waals surface area contributed by atoms with E-state index >= 15 is 0 Å². The zero-order valence-corrected chi connectivity index (χ0v) is 48.2. The number of hydrogen-bond donors (Lipinski definition) is 4. The van der Waals surface area contributed by atoms with Gasteiger partial charge < -0.3 is 50.8 Å². The van der Waals surface area contributed by atoms with Crippen LogP contribution < -0.4 is 36.4 Å². The molecular weight excluding hydrogens is 1080 g/mol. The Morgan fingerprint density at radius 2 is 1.21 bits per heavy atom. The van der Waals surface area contributed by atoms with Gasteiger partial charge in [0.15, 0.2) is 0 Å². The number of ether oxygens (including phenoxy) is 2. The number of pyridine rings is 2. The molecule has 7 rings (SSSR count). The quantitative estimate of drug-likeness (QED) is 0.0210. The minimum Gasteiger partial charge on any atom is -0.851 e. The van der Waals surface area contributed by atoms with Crippen LogP contribution in [0.1, 0.15) is 113 Å². The van der Waals surface area contributed by atoms with Crippen molar-refractivity contribution in [2.45, 2.75) is 85.3 Å². The van der Waals surface area contributed by atoms with Crippen molar-refractivity contribution >= 4 is 46.7 Å². The standard InChI is InChI=1S/C28H24N12O4.C21H31NO5.C9H16N4/c29-39-37-19-11-21-25(41)31-9-3-1-2-4-10-32-26(42)22-12-20(38-40-30)14-24(36-22)28(44)34-16-18-7-5-17(6-8-18)15-33-27(43)23(13-19)35-21;1-6-22(11-12-26-13-17(23)27-21(3,4)5)16-9-7-15(8-10-16)18-19(24)14(2)20(18)25;1-4-9(5-2)13(6-3)8-7-11-12-10/h1-8,11-14H,9-10,15-16H2,(H,31,41)(H,32,42)(H,33,43)(H,34,44);7-10,14,18-20H,6,11-13H2,1-5H3;4-5H,1,6-8H2,2-3H3/q;-2;/b;;9-5+. The lowest BCUT2D eigenvalue weighted by Gasteiger charge is -2.60. The van der Waals surface area contributed by atoms with E-state index in [0.717, 1.165) is 47.7 Å². The molecule has 444 valence electrons. The summed E-state index contributed by atoms with van der Waals surface area (Å²) in [7, 11) is 0. The number of esters is 1. The Morgan fingerprint density at radius 3 is 1.62 bits per heavy atom. The van der Waals surface area contributed by atoms with Crippen LogP contribution in [0.5, 0.6) is 0 Å². The molecule has 0 spiro atoms. The van der Waals surface area contributed by atoms with Gasteiger partial charge in [0.2, 0.25) is 0 Å². The fourth-order valence-electron chi connectivity index (χ4n) is 8.26. The molecule has 6 bridgehead atoms. The lowest BCUT2D eigenvalue weighted by Crippen LogP contribution is -2.64. The molecular formula is C58H71N17O9-2. The minimum atomic E-state index is -0.804. The predicted molar refractivity (Wildman–Crippen MR) is 314 cm³/mol. The molecule has 3 aliphatic rings. The van der Waals surface area contributed by atoms with E-state index in [0.29, 0.717) is 19.7 Å². The summed E-state index contributed by atoms with van der Waals surface area (Å²) in [5.41, 5.74) is 29.3. The summed E-state index contributed by atoms with van der Waals surface area (Å²) in [6.07, 6.45) is 8.72. The van der Waals surface area contributed by atoms with E-state index in [2.05, 4.69) is 84.6 Å². The van der Waals surface area contributed by atoms with E-state index in [1.165, 1.54) is 24.3 Å². The van der Waals surface area contributed by atoms with E-state index in [-0.39, 0.29) is 78.8 Å². The van der Waals surface area contributed by atoms with Gasteiger partial charge in [-0.2, -0.15) is 0 Å². The first-order valence-electron chi connectivity index (χ1n) is 27.0. The maximum absolute atomic E-state index is 12.8. The molecule has 26 nitrogen and oxygen atoms in total. The third-order valence-electron chi connectivity index (χ3n) is 12.6. The van der Waals surface area contributed by atoms with Crippen LogP contribution in [-0.2, 0) is 27.4 Å². The van der Waals surface area contributed by atoms with Gasteiger partial charge in [-0.05, 0) is 123 Å². The molecule has 2 aliphatic heterocycles. The second-order valence-electron chi connectivity index (χ2n) is 19.6. The average Bonchev–Trinajstić information content (AvgIpc) is 2.00. The molecule has 4 amide bonds. The molecule has 2 unspecified atom stereocenters. The fourth-order valence-corrected chi connectivity index (χ4v) is 8.26. The number of allylic oxidation sites excluding steroid dienone is 4. The van der Waals surface area contributed by atoms with Crippen molar-refractivity contribution in [3.8, 4) is 0 Å². The minimum absolute atomic E-state index is 0.0493. The van der Waals surface area contributed by atoms with Gasteiger partial charge in [0.1, 0.15) is 35.0 Å². The molecule has 0 radical (unpaired) electrons. The van der Waals surface area contributed by atoms with Gasteiger partial charge in [0, 0.05) is 96.4 Å². The van der Waals surface area contributed by atoms with Crippen molar-refractivity contribution in [1.29, 1.82) is 0 Å². The van der Waals surface area contributed by atoms with Crippen molar-refractivity contribution in [1.82, 2.24) is 36.1 Å². The number of aromatic nitrogens is 2. The number of azide groups is 3. The molecule has 1 aliphatic carbocycles. The normalized spacial score (nSPS) is 17.1. The molecule has 26 heteroatoms. The van der Waals surface area contributed by atoms with Gasteiger partial charge in [0.25, 0.3) is 23.6 Å². The van der Waals surface area contributed by atoms with Crippen molar-refractivity contribution in [3.05, 3.63) is 192 Å². The summed E-state index contributed by atoms with van der Waals surface area (Å²) in [6.45, 7) is 21.3. The van der Waals surface area contributed by atoms with Crippen LogP contribution in [0.4, 0.5) is 17.1 Å². The zero-order chi connectivity index (χ0) is 61.6. The summed E-state index contributed by atoms with van der Waals surface area (Å²) >= 11 is 0. The number of nitrogens with zero attached hydrogens (tertiary/aromatic N) is 13. The number of carbonyl (C=O) groups is 5. The fraction of sp³-hybridized carbons (Fsp3) is 0.397. The Bertz CT molecular complexity index is 3000. The Morgan fingerprint density at radius 1 is 0.738 bits per heavy atom. The molecule has 0 saturated heterocycles. The highest BCUT2D eigenvalue weighted by molar-refractivity contribution is 5.98. The molecule has 1 fully saturated rings. The number of carbonyl (C=O) groups excluding carboxylic acids is 5. The van der Waals surface area contributed by atoms with E-state index in [4.69, 9.17) is 26.1 Å². The summed E-state index contributed by atoms with van der Waals surface area (Å²) in [5, 5.41) is 45.1. The van der Waals surface area contributed by atoms with Crippen LogP contribution >= 0.6 is 0 Å². The van der Waals surface area contributed by atoms with Crippen molar-refractivity contribution in [2.24, 2.45) is 21.3 Å². The van der Waals surface area contributed by atoms with Gasteiger partial charge in [-0.25, -0.2) is 14.8 Å². The third kappa shape index (κ3) is 21.7. The second kappa shape index (κ2) is 34.7. The molecule has 1 saturated carbocycles. The summed E-state index contributed by atoms with van der Waals surface area (Å²) in [6, 6.07) is 19.7. The molecule has 2 aromatic carbocycles. The van der Waals surface area contributed by atoms with Gasteiger partial charge in [0.05, 0.1) is 6.61 Å². The predicted octanol–water partition coefficient (Wildman–Crippen LogP) is 7.58. The highest BCUT2D eigenvalue weighted by atomic mass is 16.6. The monoisotopic (exact) mass is 1150 g/mol. The lowest BCUT2D eigenvalue weighted by atomic mass is 9.67. The van der Waals surface area contributed by atoms with E-state index < -0.39 is 47.4 Å². The Balaban J connectivity index is 0.000000319.